The average Bonchev–Trinajstić information content (AvgIpc) is 3.23. The quantitative estimate of drug-likeness (QED) is 0.369. The highest BCUT2D eigenvalue weighted by molar-refractivity contribution is 7.13. The summed E-state index contributed by atoms with van der Waals surface area (Å²) < 4.78 is 41.0. The zero-order valence-corrected chi connectivity index (χ0v) is 18.7. The fourth-order valence-electron chi connectivity index (χ4n) is 3.35. The van der Waals surface area contributed by atoms with Gasteiger partial charge in [0.15, 0.2) is 5.01 Å². The molecule has 4 N–H and O–H groups in total. The fourth-order valence-corrected chi connectivity index (χ4v) is 4.37. The first kappa shape index (κ1) is 24.0. The number of nitrogens with one attached hydrogen (secondary N) is 2. The minimum absolute atomic E-state index is 0.0280. The molecule has 0 bridgehead atoms. The van der Waals surface area contributed by atoms with Crippen molar-refractivity contribution >= 4 is 46.1 Å². The van der Waals surface area contributed by atoms with E-state index in [9.17, 15) is 27.6 Å². The number of carbonyl (C=O) groups excluding carboxylic acids is 3. The number of alkyl halides is 3. The van der Waals surface area contributed by atoms with Crippen molar-refractivity contribution in [2.75, 3.05) is 22.9 Å². The summed E-state index contributed by atoms with van der Waals surface area (Å²) >= 11 is 1.10. The van der Waals surface area contributed by atoms with Crippen LogP contribution in [0.3, 0.4) is 0 Å². The van der Waals surface area contributed by atoms with Crippen LogP contribution in [0.1, 0.15) is 20.4 Å². The second-order valence-electron chi connectivity index (χ2n) is 7.44. The number of amides is 3. The molecule has 0 atom stereocenters. The van der Waals surface area contributed by atoms with Crippen molar-refractivity contribution < 1.29 is 32.3 Å². The van der Waals surface area contributed by atoms with E-state index in [0.29, 0.717) is 28.4 Å². The molecule has 0 spiro atoms. The van der Waals surface area contributed by atoms with Crippen LogP contribution in [0.2, 0.25) is 0 Å². The maximum absolute atomic E-state index is 12.6. The molecule has 13 heteroatoms. The van der Waals surface area contributed by atoms with Gasteiger partial charge in [0.25, 0.3) is 5.91 Å². The second kappa shape index (κ2) is 9.62. The Morgan fingerprint density at radius 3 is 2.60 bits per heavy atom. The number of nitrogens with zero attached hydrogens (tertiary/aromatic N) is 2. The van der Waals surface area contributed by atoms with Crippen molar-refractivity contribution in [3.63, 3.8) is 0 Å². The summed E-state index contributed by atoms with van der Waals surface area (Å²) in [5, 5.41) is 5.16. The number of hydrogen-bond donors (Lipinski definition) is 3. The van der Waals surface area contributed by atoms with Gasteiger partial charge in [-0.2, -0.15) is 0 Å². The molecule has 2 aromatic carbocycles. The third-order valence-electron chi connectivity index (χ3n) is 4.94. The van der Waals surface area contributed by atoms with Crippen LogP contribution in [0.15, 0.2) is 48.5 Å². The van der Waals surface area contributed by atoms with Gasteiger partial charge in [0.05, 0.1) is 23.6 Å². The third kappa shape index (κ3) is 5.87. The minimum Gasteiger partial charge on any atom is -0.406 e. The van der Waals surface area contributed by atoms with Gasteiger partial charge >= 0.3 is 18.2 Å². The zero-order valence-electron chi connectivity index (χ0n) is 17.9. The highest BCUT2D eigenvalue weighted by atomic mass is 32.1. The summed E-state index contributed by atoms with van der Waals surface area (Å²) in [4.78, 5) is 43.9. The maximum atomic E-state index is 12.6. The van der Waals surface area contributed by atoms with Gasteiger partial charge < -0.3 is 26.0 Å². The molecule has 4 rings (SSSR count). The molecule has 9 nitrogen and oxygen atoms in total. The first-order chi connectivity index (χ1) is 16.6. The Labute approximate surface area is 200 Å². The number of thiazole rings is 1. The number of anilines is 3. The van der Waals surface area contributed by atoms with E-state index in [-0.39, 0.29) is 23.8 Å². The number of para-hydroxylation sites is 2. The zero-order chi connectivity index (χ0) is 25.2. The normalized spacial score (nSPS) is 13.1. The highest BCUT2D eigenvalue weighted by Crippen LogP contribution is 2.28. The number of benzene rings is 2. The molecule has 35 heavy (non-hydrogen) atoms. The summed E-state index contributed by atoms with van der Waals surface area (Å²) in [6.45, 7) is 0.254. The fraction of sp³-hybridized carbons (Fsp3) is 0.182. The molecule has 0 fully saturated rings. The van der Waals surface area contributed by atoms with Crippen LogP contribution in [0.5, 0.6) is 5.75 Å². The van der Waals surface area contributed by atoms with Crippen LogP contribution in [0.4, 0.5) is 30.2 Å². The summed E-state index contributed by atoms with van der Waals surface area (Å²) in [5.74, 6) is -2.86. The van der Waals surface area contributed by atoms with Crippen LogP contribution < -0.4 is 21.1 Å². The first-order valence-electron chi connectivity index (χ1n) is 10.2. The van der Waals surface area contributed by atoms with Crippen molar-refractivity contribution in [2.24, 2.45) is 0 Å². The highest BCUT2D eigenvalue weighted by Gasteiger charge is 2.32. The molecule has 182 valence electrons. The van der Waals surface area contributed by atoms with Gasteiger partial charge in [-0.05, 0) is 24.3 Å². The van der Waals surface area contributed by atoms with E-state index in [4.69, 9.17) is 5.73 Å². The summed E-state index contributed by atoms with van der Waals surface area (Å²) in [6.07, 6.45) is -4.55. The number of halogens is 3. The molecule has 1 aromatic heterocycles. The van der Waals surface area contributed by atoms with Gasteiger partial charge in [-0.25, -0.2) is 4.98 Å². The van der Waals surface area contributed by atoms with E-state index in [1.165, 1.54) is 17.0 Å². The van der Waals surface area contributed by atoms with Crippen molar-refractivity contribution in [3.8, 4) is 5.75 Å². The molecule has 3 aromatic rings. The summed E-state index contributed by atoms with van der Waals surface area (Å²) in [7, 11) is 0. The Morgan fingerprint density at radius 1 is 1.09 bits per heavy atom. The Balaban J connectivity index is 1.39. The Hall–Kier alpha value is -4.13. The van der Waals surface area contributed by atoms with Crippen LogP contribution in [-0.4, -0.2) is 40.5 Å². The van der Waals surface area contributed by atoms with Crippen LogP contribution in [0.25, 0.3) is 0 Å². The smallest absolute Gasteiger partial charge is 0.406 e. The van der Waals surface area contributed by atoms with Gasteiger partial charge in [0.1, 0.15) is 5.75 Å². The number of carbonyl (C=O) groups is 3. The summed E-state index contributed by atoms with van der Waals surface area (Å²) in [5.41, 5.74) is 7.32. The number of rotatable bonds is 4. The Kier molecular flexibility index (Phi) is 6.60. The Bertz CT molecular complexity index is 1290. The second-order valence-corrected chi connectivity index (χ2v) is 8.52. The lowest BCUT2D eigenvalue weighted by Gasteiger charge is -2.25. The molecule has 0 saturated heterocycles. The van der Waals surface area contributed by atoms with Gasteiger partial charge in [-0.1, -0.05) is 18.2 Å². The largest absolute Gasteiger partial charge is 0.573 e. The lowest BCUT2D eigenvalue weighted by molar-refractivity contribution is -0.274. The molecule has 1 aliphatic rings. The van der Waals surface area contributed by atoms with Gasteiger partial charge in [0.2, 0.25) is 0 Å². The van der Waals surface area contributed by atoms with Gasteiger partial charge in [0, 0.05) is 29.6 Å². The van der Waals surface area contributed by atoms with Crippen LogP contribution >= 0.6 is 11.3 Å². The van der Waals surface area contributed by atoms with Gasteiger partial charge in [-0.15, -0.1) is 24.5 Å². The number of nitrogen functional groups attached to an aromatic ring is 1. The van der Waals surface area contributed by atoms with E-state index in [1.807, 2.05) is 0 Å². The number of ether oxygens (including phenoxy) is 1. The van der Waals surface area contributed by atoms with Crippen molar-refractivity contribution in [3.05, 3.63) is 64.1 Å². The maximum Gasteiger partial charge on any atom is 0.573 e. The SMILES string of the molecule is Nc1ccccc1NC(=O)c1nc2c(s1)CN(C(=O)C(=O)Nc1cccc(OC(F)(F)F)c1)CC2. The van der Waals surface area contributed by atoms with E-state index < -0.39 is 29.8 Å². The van der Waals surface area contributed by atoms with Crippen molar-refractivity contribution in [1.82, 2.24) is 9.88 Å². The first-order valence-corrected chi connectivity index (χ1v) is 11.0. The number of hydrogen-bond acceptors (Lipinski definition) is 7. The molecular weight excluding hydrogens is 487 g/mol. The predicted molar refractivity (Wildman–Crippen MR) is 122 cm³/mol. The van der Waals surface area contributed by atoms with Crippen LogP contribution in [0, 0.1) is 0 Å². The van der Waals surface area contributed by atoms with Crippen molar-refractivity contribution in [1.29, 1.82) is 0 Å². The molecule has 3 amide bonds. The molecule has 0 saturated carbocycles. The molecular formula is C22H18F3N5O4S. The number of aromatic nitrogens is 1. The van der Waals surface area contributed by atoms with Crippen molar-refractivity contribution in [2.45, 2.75) is 19.3 Å². The molecule has 2 heterocycles. The van der Waals surface area contributed by atoms with Crippen LogP contribution in [-0.2, 0) is 22.6 Å². The minimum atomic E-state index is -4.89. The Morgan fingerprint density at radius 2 is 1.86 bits per heavy atom. The lowest BCUT2D eigenvalue weighted by atomic mass is 10.2. The predicted octanol–water partition coefficient (Wildman–Crippen LogP) is 3.40. The topological polar surface area (TPSA) is 127 Å². The third-order valence-corrected chi connectivity index (χ3v) is 6.02. The van der Waals surface area contributed by atoms with E-state index >= 15 is 0 Å². The molecule has 0 aliphatic carbocycles. The van der Waals surface area contributed by atoms with E-state index in [2.05, 4.69) is 20.4 Å². The molecule has 0 radical (unpaired) electrons. The monoisotopic (exact) mass is 505 g/mol. The lowest BCUT2D eigenvalue weighted by Crippen LogP contribution is -2.42. The average molecular weight is 505 g/mol. The number of fused-ring (bicyclic) bond motifs is 1. The molecule has 0 unspecified atom stereocenters. The number of nitrogens with two attached hydrogens (primary N) is 1. The standard InChI is InChI=1S/C22H18F3N5O4S/c23-22(24,25)34-13-5-3-4-12(10-13)27-19(32)21(33)30-9-8-16-17(11-30)35-20(29-16)18(31)28-15-7-2-1-6-14(15)26/h1-7,10H,8-9,11,26H2,(H,27,32)(H,28,31). The van der Waals surface area contributed by atoms with E-state index in [0.717, 1.165) is 23.5 Å². The molecule has 1 aliphatic heterocycles. The van der Waals surface area contributed by atoms with E-state index in [1.54, 1.807) is 24.3 Å². The summed E-state index contributed by atoms with van der Waals surface area (Å²) in [6, 6.07) is 11.4. The van der Waals surface area contributed by atoms with Gasteiger partial charge in [-0.3, -0.25) is 14.4 Å².